The van der Waals surface area contributed by atoms with Crippen molar-refractivity contribution in [3.05, 3.63) is 0 Å². The molecule has 3 N–H and O–H groups in total. The molecular formula is C13H25N3O2. The molecule has 5 nitrogen and oxygen atoms in total. The van der Waals surface area contributed by atoms with Gasteiger partial charge in [0.1, 0.15) is 0 Å². The number of amides is 2. The van der Waals surface area contributed by atoms with Crippen molar-refractivity contribution in [2.75, 3.05) is 26.7 Å². The number of urea groups is 1. The van der Waals surface area contributed by atoms with Gasteiger partial charge in [0.15, 0.2) is 0 Å². The summed E-state index contributed by atoms with van der Waals surface area (Å²) in [4.78, 5) is 13.9. The van der Waals surface area contributed by atoms with E-state index in [0.29, 0.717) is 13.1 Å². The molecule has 0 aromatic rings. The van der Waals surface area contributed by atoms with Gasteiger partial charge in [-0.15, -0.1) is 0 Å². The fourth-order valence-electron chi connectivity index (χ4n) is 2.78. The molecule has 18 heavy (non-hydrogen) atoms. The zero-order chi connectivity index (χ0) is 13.4. The van der Waals surface area contributed by atoms with Crippen LogP contribution in [0, 0.1) is 5.41 Å². The predicted octanol–water partition coefficient (Wildman–Crippen LogP) is 0.934. The summed E-state index contributed by atoms with van der Waals surface area (Å²) in [6.07, 6.45) is 3.59. The fraction of sp³-hybridized carbons (Fsp3) is 0.923. The topological polar surface area (TPSA) is 67.6 Å². The lowest BCUT2D eigenvalue weighted by atomic mass is 9.66. The van der Waals surface area contributed by atoms with Crippen molar-refractivity contribution in [1.29, 1.82) is 0 Å². The molecule has 0 radical (unpaired) electrons. The van der Waals surface area contributed by atoms with Crippen LogP contribution in [-0.2, 0) is 4.74 Å². The van der Waals surface area contributed by atoms with Crippen LogP contribution in [-0.4, -0.2) is 49.3 Å². The van der Waals surface area contributed by atoms with Gasteiger partial charge in [-0.3, -0.25) is 0 Å². The summed E-state index contributed by atoms with van der Waals surface area (Å²) < 4.78 is 5.29. The number of hydrogen-bond donors (Lipinski definition) is 2. The van der Waals surface area contributed by atoms with E-state index in [2.05, 4.69) is 5.32 Å². The van der Waals surface area contributed by atoms with Gasteiger partial charge in [0.2, 0.25) is 0 Å². The van der Waals surface area contributed by atoms with Crippen LogP contribution in [0.1, 0.15) is 33.1 Å². The van der Waals surface area contributed by atoms with Gasteiger partial charge in [0.05, 0.1) is 5.60 Å². The summed E-state index contributed by atoms with van der Waals surface area (Å²) >= 11 is 0. The van der Waals surface area contributed by atoms with Crippen LogP contribution in [0.25, 0.3) is 0 Å². The minimum atomic E-state index is -0.328. The third-order valence-corrected chi connectivity index (χ3v) is 4.56. The van der Waals surface area contributed by atoms with Crippen LogP contribution in [0.2, 0.25) is 0 Å². The summed E-state index contributed by atoms with van der Waals surface area (Å²) in [5, 5.41) is 2.93. The Labute approximate surface area is 109 Å². The highest BCUT2D eigenvalue weighted by molar-refractivity contribution is 5.74. The zero-order valence-electron chi connectivity index (χ0n) is 11.7. The SMILES string of the molecule is COC(C)(C)CNC(=O)N1CC(N)C2(CCC2)C1. The molecule has 1 saturated carbocycles. The van der Waals surface area contributed by atoms with E-state index >= 15 is 0 Å². The second-order valence-corrected chi connectivity index (χ2v) is 6.33. The van der Waals surface area contributed by atoms with Gasteiger partial charge in [-0.25, -0.2) is 4.79 Å². The molecule has 5 heteroatoms. The highest BCUT2D eigenvalue weighted by Crippen LogP contribution is 2.47. The normalized spacial score (nSPS) is 26.2. The van der Waals surface area contributed by atoms with E-state index in [0.717, 1.165) is 6.54 Å². The quantitative estimate of drug-likeness (QED) is 0.788. The number of hydrogen-bond acceptors (Lipinski definition) is 3. The van der Waals surface area contributed by atoms with Crippen LogP contribution in [0.3, 0.4) is 0 Å². The monoisotopic (exact) mass is 255 g/mol. The second kappa shape index (κ2) is 4.70. The van der Waals surface area contributed by atoms with Crippen LogP contribution in [0.4, 0.5) is 4.79 Å². The number of nitrogens with one attached hydrogen (secondary N) is 1. The summed E-state index contributed by atoms with van der Waals surface area (Å²) in [5.74, 6) is 0. The summed E-state index contributed by atoms with van der Waals surface area (Å²) in [6.45, 7) is 5.92. The molecule has 1 unspecified atom stereocenters. The number of carbonyl (C=O) groups excluding carboxylic acids is 1. The number of ether oxygens (including phenoxy) is 1. The maximum Gasteiger partial charge on any atom is 0.317 e. The molecule has 1 aliphatic carbocycles. The molecule has 2 amide bonds. The first-order valence-corrected chi connectivity index (χ1v) is 6.72. The summed E-state index contributed by atoms with van der Waals surface area (Å²) in [6, 6.07) is 0.131. The highest BCUT2D eigenvalue weighted by atomic mass is 16.5. The predicted molar refractivity (Wildman–Crippen MR) is 70.3 cm³/mol. The van der Waals surface area contributed by atoms with Crippen molar-refractivity contribution < 1.29 is 9.53 Å². The first-order chi connectivity index (χ1) is 8.38. The van der Waals surface area contributed by atoms with Gasteiger partial charge in [-0.05, 0) is 26.7 Å². The lowest BCUT2D eigenvalue weighted by molar-refractivity contribution is 0.0243. The largest absolute Gasteiger partial charge is 0.377 e. The van der Waals surface area contributed by atoms with Gasteiger partial charge in [-0.1, -0.05) is 6.42 Å². The summed E-state index contributed by atoms with van der Waals surface area (Å²) in [5.41, 5.74) is 6.05. The first kappa shape index (κ1) is 13.6. The fourth-order valence-corrected chi connectivity index (χ4v) is 2.78. The van der Waals surface area contributed by atoms with E-state index in [9.17, 15) is 4.79 Å². The zero-order valence-corrected chi connectivity index (χ0v) is 11.7. The van der Waals surface area contributed by atoms with Gasteiger partial charge < -0.3 is 20.7 Å². The van der Waals surface area contributed by atoms with E-state index < -0.39 is 0 Å². The molecule has 0 aromatic heterocycles. The molecule has 104 valence electrons. The van der Waals surface area contributed by atoms with Crippen molar-refractivity contribution in [1.82, 2.24) is 10.2 Å². The Morgan fingerprint density at radius 2 is 2.22 bits per heavy atom. The maximum absolute atomic E-state index is 12.1. The molecular weight excluding hydrogens is 230 g/mol. The number of likely N-dealkylation sites (tertiary alicyclic amines) is 1. The highest BCUT2D eigenvalue weighted by Gasteiger charge is 2.49. The Balaban J connectivity index is 1.84. The lowest BCUT2D eigenvalue weighted by Gasteiger charge is -2.41. The standard InChI is InChI=1S/C13H25N3O2/c1-12(2,18-3)8-15-11(17)16-7-10(14)13(9-16)5-4-6-13/h10H,4-9,14H2,1-3H3,(H,15,17). The Bertz CT molecular complexity index is 326. The van der Waals surface area contributed by atoms with Crippen molar-refractivity contribution in [2.45, 2.75) is 44.8 Å². The molecule has 1 spiro atoms. The van der Waals surface area contributed by atoms with E-state index in [1.165, 1.54) is 19.3 Å². The number of carbonyl (C=O) groups is 1. The Morgan fingerprint density at radius 1 is 1.56 bits per heavy atom. The smallest absolute Gasteiger partial charge is 0.317 e. The minimum absolute atomic E-state index is 0.0145. The molecule has 2 fully saturated rings. The number of methoxy groups -OCH3 is 1. The van der Waals surface area contributed by atoms with Gasteiger partial charge >= 0.3 is 6.03 Å². The third-order valence-electron chi connectivity index (χ3n) is 4.56. The molecule has 2 aliphatic rings. The third kappa shape index (κ3) is 2.47. The van der Waals surface area contributed by atoms with Gasteiger partial charge in [-0.2, -0.15) is 0 Å². The van der Waals surface area contributed by atoms with Gasteiger partial charge in [0.25, 0.3) is 0 Å². The molecule has 0 aromatic carbocycles. The van der Waals surface area contributed by atoms with Crippen LogP contribution in [0.5, 0.6) is 0 Å². The minimum Gasteiger partial charge on any atom is -0.377 e. The van der Waals surface area contributed by atoms with Crippen LogP contribution < -0.4 is 11.1 Å². The van der Waals surface area contributed by atoms with Crippen molar-refractivity contribution in [3.63, 3.8) is 0 Å². The van der Waals surface area contributed by atoms with Crippen molar-refractivity contribution >= 4 is 6.03 Å². The Kier molecular flexibility index (Phi) is 3.56. The first-order valence-electron chi connectivity index (χ1n) is 6.72. The van der Waals surface area contributed by atoms with Gasteiger partial charge in [0, 0.05) is 38.2 Å². The average molecular weight is 255 g/mol. The van der Waals surface area contributed by atoms with Crippen molar-refractivity contribution in [3.8, 4) is 0 Å². The summed E-state index contributed by atoms with van der Waals surface area (Å²) in [7, 11) is 1.65. The number of nitrogens with zero attached hydrogens (tertiary/aromatic N) is 1. The number of rotatable bonds is 3. The van der Waals surface area contributed by atoms with Crippen LogP contribution in [0.15, 0.2) is 0 Å². The van der Waals surface area contributed by atoms with E-state index in [4.69, 9.17) is 10.5 Å². The van der Waals surface area contributed by atoms with E-state index in [1.807, 2.05) is 18.7 Å². The maximum atomic E-state index is 12.1. The van der Waals surface area contributed by atoms with Crippen molar-refractivity contribution in [2.24, 2.45) is 11.1 Å². The molecule has 0 bridgehead atoms. The second-order valence-electron chi connectivity index (χ2n) is 6.33. The van der Waals surface area contributed by atoms with E-state index in [-0.39, 0.29) is 23.1 Å². The molecule has 1 saturated heterocycles. The lowest BCUT2D eigenvalue weighted by Crippen LogP contribution is -2.46. The Morgan fingerprint density at radius 3 is 2.67 bits per heavy atom. The Hall–Kier alpha value is -0.810. The molecule has 1 heterocycles. The van der Waals surface area contributed by atoms with E-state index in [1.54, 1.807) is 7.11 Å². The van der Waals surface area contributed by atoms with Crippen LogP contribution >= 0.6 is 0 Å². The molecule has 1 atom stereocenters. The molecule has 2 rings (SSSR count). The molecule has 1 aliphatic heterocycles. The average Bonchev–Trinajstić information content (AvgIpc) is 2.64. The number of nitrogens with two attached hydrogens (primary N) is 1.